The SMILES string of the molecule is CC1(C)Cc2cc(C(=O)c3cccc(Br)c3F)ccc2O1. The van der Waals surface area contributed by atoms with Crippen LogP contribution in [0.15, 0.2) is 40.9 Å². The summed E-state index contributed by atoms with van der Waals surface area (Å²) in [5, 5.41) is 0. The number of hydrogen-bond donors (Lipinski definition) is 0. The minimum atomic E-state index is -0.528. The Morgan fingerprint density at radius 3 is 2.81 bits per heavy atom. The van der Waals surface area contributed by atoms with Crippen LogP contribution in [-0.4, -0.2) is 11.4 Å². The molecule has 2 aromatic rings. The molecule has 3 rings (SSSR count). The van der Waals surface area contributed by atoms with Gasteiger partial charge in [-0.15, -0.1) is 0 Å². The van der Waals surface area contributed by atoms with Crippen LogP contribution in [0.1, 0.15) is 35.3 Å². The number of ether oxygens (including phenoxy) is 1. The van der Waals surface area contributed by atoms with E-state index in [4.69, 9.17) is 4.74 Å². The lowest BCUT2D eigenvalue weighted by Gasteiger charge is -2.16. The fraction of sp³-hybridized carbons (Fsp3) is 0.235. The van der Waals surface area contributed by atoms with Crippen LogP contribution in [0, 0.1) is 5.82 Å². The molecule has 0 saturated heterocycles. The summed E-state index contributed by atoms with van der Waals surface area (Å²) < 4.78 is 20.1. The summed E-state index contributed by atoms with van der Waals surface area (Å²) in [7, 11) is 0. The average molecular weight is 349 g/mol. The molecular weight excluding hydrogens is 335 g/mol. The van der Waals surface area contributed by atoms with E-state index in [0.29, 0.717) is 10.0 Å². The van der Waals surface area contributed by atoms with Crippen molar-refractivity contribution in [3.8, 4) is 5.75 Å². The Labute approximate surface area is 131 Å². The van der Waals surface area contributed by atoms with E-state index in [1.807, 2.05) is 13.8 Å². The average Bonchev–Trinajstić information content (AvgIpc) is 2.73. The van der Waals surface area contributed by atoms with Crippen molar-refractivity contribution in [3.05, 3.63) is 63.4 Å². The second-order valence-corrected chi connectivity index (χ2v) is 6.65. The van der Waals surface area contributed by atoms with Gasteiger partial charge in [0.1, 0.15) is 17.2 Å². The van der Waals surface area contributed by atoms with Crippen molar-refractivity contribution in [1.29, 1.82) is 0 Å². The summed E-state index contributed by atoms with van der Waals surface area (Å²) in [5.74, 6) is -0.0489. The van der Waals surface area contributed by atoms with Crippen molar-refractivity contribution >= 4 is 21.7 Å². The van der Waals surface area contributed by atoms with Crippen molar-refractivity contribution < 1.29 is 13.9 Å². The second-order valence-electron chi connectivity index (χ2n) is 5.79. The van der Waals surface area contributed by atoms with Gasteiger partial charge in [0.2, 0.25) is 0 Å². The molecule has 1 heterocycles. The standard InChI is InChI=1S/C17H14BrFO2/c1-17(2)9-11-8-10(6-7-14(11)21-17)16(20)12-4-3-5-13(18)15(12)19/h3-8H,9H2,1-2H3. The Hall–Kier alpha value is -1.68. The van der Waals surface area contributed by atoms with Gasteiger partial charge in [-0.2, -0.15) is 0 Å². The first-order chi connectivity index (χ1) is 9.87. The van der Waals surface area contributed by atoms with Gasteiger partial charge in [0.25, 0.3) is 0 Å². The molecule has 0 fully saturated rings. The van der Waals surface area contributed by atoms with Crippen LogP contribution in [0.5, 0.6) is 5.75 Å². The third-order valence-electron chi connectivity index (χ3n) is 3.52. The van der Waals surface area contributed by atoms with Crippen molar-refractivity contribution in [2.24, 2.45) is 0 Å². The Balaban J connectivity index is 1.99. The van der Waals surface area contributed by atoms with Crippen LogP contribution >= 0.6 is 15.9 Å². The van der Waals surface area contributed by atoms with Gasteiger partial charge in [0.05, 0.1) is 10.0 Å². The molecule has 108 valence electrons. The monoisotopic (exact) mass is 348 g/mol. The topological polar surface area (TPSA) is 26.3 Å². The van der Waals surface area contributed by atoms with Gasteiger partial charge in [-0.05, 0) is 65.7 Å². The predicted molar refractivity (Wildman–Crippen MR) is 82.4 cm³/mol. The Kier molecular flexibility index (Phi) is 3.36. The van der Waals surface area contributed by atoms with Crippen LogP contribution in [0.2, 0.25) is 0 Å². The molecule has 4 heteroatoms. The third kappa shape index (κ3) is 2.60. The number of fused-ring (bicyclic) bond motifs is 1. The summed E-state index contributed by atoms with van der Waals surface area (Å²) in [6.45, 7) is 4.00. The molecular formula is C17H14BrFO2. The summed E-state index contributed by atoms with van der Waals surface area (Å²) in [6.07, 6.45) is 0.740. The molecule has 0 N–H and O–H groups in total. The lowest BCUT2D eigenvalue weighted by Crippen LogP contribution is -2.24. The minimum absolute atomic E-state index is 0.0718. The molecule has 2 nitrogen and oxygen atoms in total. The van der Waals surface area contributed by atoms with E-state index < -0.39 is 5.82 Å². The highest BCUT2D eigenvalue weighted by molar-refractivity contribution is 9.10. The number of hydrogen-bond acceptors (Lipinski definition) is 2. The number of halogens is 2. The minimum Gasteiger partial charge on any atom is -0.487 e. The van der Waals surface area contributed by atoms with Gasteiger partial charge in [0, 0.05) is 12.0 Å². The molecule has 0 saturated carbocycles. The smallest absolute Gasteiger partial charge is 0.196 e. The summed E-state index contributed by atoms with van der Waals surface area (Å²) in [5.41, 5.74) is 1.28. The summed E-state index contributed by atoms with van der Waals surface area (Å²) >= 11 is 3.10. The van der Waals surface area contributed by atoms with Gasteiger partial charge in [0.15, 0.2) is 5.78 Å². The molecule has 0 unspecified atom stereocenters. The molecule has 0 radical (unpaired) electrons. The van der Waals surface area contributed by atoms with Gasteiger partial charge in [-0.1, -0.05) is 6.07 Å². The molecule has 2 aromatic carbocycles. The van der Waals surface area contributed by atoms with Gasteiger partial charge in [-0.25, -0.2) is 4.39 Å². The largest absolute Gasteiger partial charge is 0.487 e. The van der Waals surface area contributed by atoms with Crippen LogP contribution in [0.25, 0.3) is 0 Å². The quantitative estimate of drug-likeness (QED) is 0.745. The van der Waals surface area contributed by atoms with Crippen molar-refractivity contribution in [2.75, 3.05) is 0 Å². The first kappa shape index (κ1) is 14.3. The third-order valence-corrected chi connectivity index (χ3v) is 4.13. The number of ketones is 1. The van der Waals surface area contributed by atoms with Crippen molar-refractivity contribution in [2.45, 2.75) is 25.9 Å². The van der Waals surface area contributed by atoms with Crippen LogP contribution < -0.4 is 4.74 Å². The molecule has 0 aromatic heterocycles. The number of carbonyl (C=O) groups excluding carboxylic acids is 1. The molecule has 0 amide bonds. The van der Waals surface area contributed by atoms with Crippen LogP contribution in [0.3, 0.4) is 0 Å². The zero-order chi connectivity index (χ0) is 15.2. The Morgan fingerprint density at radius 1 is 1.29 bits per heavy atom. The molecule has 0 aliphatic carbocycles. The van der Waals surface area contributed by atoms with E-state index in [2.05, 4.69) is 15.9 Å². The Bertz CT molecular complexity index is 738. The first-order valence-corrected chi connectivity index (χ1v) is 7.47. The number of benzene rings is 2. The Morgan fingerprint density at radius 2 is 2.05 bits per heavy atom. The predicted octanol–water partition coefficient (Wildman–Crippen LogP) is 4.53. The maximum Gasteiger partial charge on any atom is 0.196 e. The highest BCUT2D eigenvalue weighted by Gasteiger charge is 2.30. The molecule has 1 aliphatic rings. The summed E-state index contributed by atoms with van der Waals surface area (Å²) in [4.78, 5) is 12.5. The first-order valence-electron chi connectivity index (χ1n) is 6.68. The zero-order valence-electron chi connectivity index (χ0n) is 11.7. The maximum absolute atomic E-state index is 14.0. The molecule has 0 atom stereocenters. The van der Waals surface area contributed by atoms with E-state index in [1.165, 1.54) is 6.07 Å². The fourth-order valence-electron chi connectivity index (χ4n) is 2.59. The lowest BCUT2D eigenvalue weighted by molar-refractivity contribution is 0.103. The van der Waals surface area contributed by atoms with E-state index in [0.717, 1.165) is 17.7 Å². The van der Waals surface area contributed by atoms with Crippen molar-refractivity contribution in [3.63, 3.8) is 0 Å². The van der Waals surface area contributed by atoms with Gasteiger partial charge < -0.3 is 4.74 Å². The van der Waals surface area contributed by atoms with E-state index >= 15 is 0 Å². The van der Waals surface area contributed by atoms with E-state index in [-0.39, 0.29) is 16.9 Å². The lowest BCUT2D eigenvalue weighted by atomic mass is 9.97. The van der Waals surface area contributed by atoms with Gasteiger partial charge in [-0.3, -0.25) is 4.79 Å². The molecule has 21 heavy (non-hydrogen) atoms. The normalized spacial score (nSPS) is 15.4. The van der Waals surface area contributed by atoms with E-state index in [9.17, 15) is 9.18 Å². The van der Waals surface area contributed by atoms with Crippen LogP contribution in [-0.2, 0) is 6.42 Å². The highest BCUT2D eigenvalue weighted by Crippen LogP contribution is 2.35. The molecule has 0 bridgehead atoms. The van der Waals surface area contributed by atoms with Crippen molar-refractivity contribution in [1.82, 2.24) is 0 Å². The maximum atomic E-state index is 14.0. The van der Waals surface area contributed by atoms with Gasteiger partial charge >= 0.3 is 0 Å². The van der Waals surface area contributed by atoms with Crippen LogP contribution in [0.4, 0.5) is 4.39 Å². The second kappa shape index (κ2) is 4.95. The highest BCUT2D eigenvalue weighted by atomic mass is 79.9. The van der Waals surface area contributed by atoms with E-state index in [1.54, 1.807) is 30.3 Å². The molecule has 1 aliphatic heterocycles. The zero-order valence-corrected chi connectivity index (χ0v) is 13.3. The molecule has 0 spiro atoms. The fourth-order valence-corrected chi connectivity index (χ4v) is 2.95. The summed E-state index contributed by atoms with van der Waals surface area (Å²) in [6, 6.07) is 9.99. The number of carbonyl (C=O) groups is 1. The number of rotatable bonds is 2.